The summed E-state index contributed by atoms with van der Waals surface area (Å²) in [6.45, 7) is 4.50. The molecule has 0 aliphatic carbocycles. The van der Waals surface area contributed by atoms with Gasteiger partial charge >= 0.3 is 0 Å². The topological polar surface area (TPSA) is 84.2 Å². The molecular formula is C21H22N6O2. The normalized spacial score (nSPS) is 14.1. The fraction of sp³-hybridized carbons (Fsp3) is 0.286. The molecule has 2 aromatic heterocycles. The molecule has 8 nitrogen and oxygen atoms in total. The molecule has 1 aliphatic rings. The largest absolute Gasteiger partial charge is 0.352 e. The Balaban J connectivity index is 1.37. The Hall–Kier alpha value is -3.55. The maximum atomic E-state index is 12.5. The zero-order chi connectivity index (χ0) is 20.2. The van der Waals surface area contributed by atoms with Crippen molar-refractivity contribution < 1.29 is 4.79 Å². The molecule has 3 aromatic rings. The number of piperazine rings is 1. The third-order valence-corrected chi connectivity index (χ3v) is 5.10. The van der Waals surface area contributed by atoms with E-state index in [0.717, 1.165) is 22.6 Å². The fourth-order valence-electron chi connectivity index (χ4n) is 3.42. The predicted molar refractivity (Wildman–Crippen MR) is 109 cm³/mol. The van der Waals surface area contributed by atoms with Crippen molar-refractivity contribution in [1.82, 2.24) is 24.9 Å². The SMILES string of the molecule is Cc1ccccc1-c1ccc(N2CCN(C(=O)Cn3ncccc3=O)CC2)nn1. The van der Waals surface area contributed by atoms with E-state index in [1.807, 2.05) is 30.3 Å². The number of benzene rings is 1. The van der Waals surface area contributed by atoms with Crippen LogP contribution in [0.3, 0.4) is 0 Å². The minimum Gasteiger partial charge on any atom is -0.352 e. The molecule has 1 saturated heterocycles. The molecule has 0 bridgehead atoms. The summed E-state index contributed by atoms with van der Waals surface area (Å²) in [6.07, 6.45) is 1.51. The summed E-state index contributed by atoms with van der Waals surface area (Å²) in [7, 11) is 0. The summed E-state index contributed by atoms with van der Waals surface area (Å²) < 4.78 is 1.18. The first-order valence-corrected chi connectivity index (χ1v) is 9.56. The van der Waals surface area contributed by atoms with Gasteiger partial charge < -0.3 is 9.80 Å². The maximum absolute atomic E-state index is 12.5. The number of hydrogen-bond acceptors (Lipinski definition) is 6. The molecule has 0 atom stereocenters. The van der Waals surface area contributed by atoms with Crippen LogP contribution in [-0.2, 0) is 11.3 Å². The van der Waals surface area contributed by atoms with Gasteiger partial charge in [0.25, 0.3) is 5.56 Å². The molecule has 1 aromatic carbocycles. The van der Waals surface area contributed by atoms with Gasteiger partial charge in [0, 0.05) is 44.0 Å². The van der Waals surface area contributed by atoms with E-state index in [9.17, 15) is 9.59 Å². The summed E-state index contributed by atoms with van der Waals surface area (Å²) >= 11 is 0. The van der Waals surface area contributed by atoms with Crippen LogP contribution in [0.4, 0.5) is 5.82 Å². The van der Waals surface area contributed by atoms with Crippen LogP contribution in [0.1, 0.15) is 5.56 Å². The van der Waals surface area contributed by atoms with Gasteiger partial charge in [-0.15, -0.1) is 10.2 Å². The summed E-state index contributed by atoms with van der Waals surface area (Å²) in [5, 5.41) is 12.7. The van der Waals surface area contributed by atoms with Crippen molar-refractivity contribution in [3.63, 3.8) is 0 Å². The van der Waals surface area contributed by atoms with Gasteiger partial charge in [0.15, 0.2) is 5.82 Å². The van der Waals surface area contributed by atoms with Crippen LogP contribution in [-0.4, -0.2) is 57.0 Å². The number of hydrogen-bond donors (Lipinski definition) is 0. The number of aryl methyl sites for hydroxylation is 1. The van der Waals surface area contributed by atoms with Crippen LogP contribution in [0.15, 0.2) is 59.5 Å². The van der Waals surface area contributed by atoms with Gasteiger partial charge in [0.05, 0.1) is 5.69 Å². The lowest BCUT2D eigenvalue weighted by Crippen LogP contribution is -2.50. The number of amides is 1. The average Bonchev–Trinajstić information content (AvgIpc) is 2.76. The first kappa shape index (κ1) is 18.8. The zero-order valence-corrected chi connectivity index (χ0v) is 16.2. The molecule has 29 heavy (non-hydrogen) atoms. The Bertz CT molecular complexity index is 1060. The number of anilines is 1. The molecule has 148 valence electrons. The minimum atomic E-state index is -0.275. The number of aromatic nitrogens is 4. The van der Waals surface area contributed by atoms with Gasteiger partial charge in [-0.05, 0) is 30.7 Å². The number of carbonyl (C=O) groups excluding carboxylic acids is 1. The lowest BCUT2D eigenvalue weighted by Gasteiger charge is -2.35. The average molecular weight is 390 g/mol. The van der Waals surface area contributed by atoms with Crippen molar-refractivity contribution >= 4 is 11.7 Å². The van der Waals surface area contributed by atoms with E-state index >= 15 is 0 Å². The third kappa shape index (κ3) is 4.16. The molecule has 0 unspecified atom stereocenters. The van der Waals surface area contributed by atoms with Crippen LogP contribution in [0, 0.1) is 6.92 Å². The van der Waals surface area contributed by atoms with Gasteiger partial charge in [-0.25, -0.2) is 4.68 Å². The fourth-order valence-corrected chi connectivity index (χ4v) is 3.42. The van der Waals surface area contributed by atoms with Crippen molar-refractivity contribution in [3.8, 4) is 11.3 Å². The van der Waals surface area contributed by atoms with Crippen molar-refractivity contribution in [1.29, 1.82) is 0 Å². The van der Waals surface area contributed by atoms with Crippen molar-refractivity contribution in [3.05, 3.63) is 70.6 Å². The number of rotatable bonds is 4. The van der Waals surface area contributed by atoms with Gasteiger partial charge in [-0.3, -0.25) is 9.59 Å². The zero-order valence-electron chi connectivity index (χ0n) is 16.2. The van der Waals surface area contributed by atoms with Crippen LogP contribution in [0.5, 0.6) is 0 Å². The van der Waals surface area contributed by atoms with E-state index in [1.54, 1.807) is 11.0 Å². The van der Waals surface area contributed by atoms with Crippen LogP contribution < -0.4 is 10.5 Å². The standard InChI is InChI=1S/C21H22N6O2/c1-16-5-2-3-6-17(16)18-8-9-19(24-23-18)25-11-13-26(14-12-25)21(29)15-27-20(28)7-4-10-22-27/h2-10H,11-15H2,1H3. The Labute approximate surface area is 168 Å². The van der Waals surface area contributed by atoms with E-state index in [1.165, 1.54) is 16.9 Å². The van der Waals surface area contributed by atoms with Crippen molar-refractivity contribution in [2.24, 2.45) is 0 Å². The molecule has 1 amide bonds. The highest BCUT2D eigenvalue weighted by Gasteiger charge is 2.22. The van der Waals surface area contributed by atoms with Crippen LogP contribution >= 0.6 is 0 Å². The first-order chi connectivity index (χ1) is 14.1. The van der Waals surface area contributed by atoms with Gasteiger partial charge in [0.1, 0.15) is 6.54 Å². The van der Waals surface area contributed by atoms with Crippen molar-refractivity contribution in [2.75, 3.05) is 31.1 Å². The molecule has 0 spiro atoms. The molecule has 1 aliphatic heterocycles. The van der Waals surface area contributed by atoms with Gasteiger partial charge in [-0.2, -0.15) is 5.10 Å². The second kappa shape index (κ2) is 8.22. The minimum absolute atomic E-state index is 0.0371. The Morgan fingerprint density at radius 2 is 1.76 bits per heavy atom. The monoisotopic (exact) mass is 390 g/mol. The maximum Gasteiger partial charge on any atom is 0.267 e. The molecule has 3 heterocycles. The molecule has 0 saturated carbocycles. The van der Waals surface area contributed by atoms with Gasteiger partial charge in [-0.1, -0.05) is 24.3 Å². The number of carbonyl (C=O) groups is 1. The number of nitrogens with zero attached hydrogens (tertiary/aromatic N) is 6. The van der Waals surface area contributed by atoms with E-state index in [4.69, 9.17) is 0 Å². The second-order valence-electron chi connectivity index (χ2n) is 6.98. The van der Waals surface area contributed by atoms with E-state index in [2.05, 4.69) is 33.2 Å². The Morgan fingerprint density at radius 3 is 2.45 bits per heavy atom. The molecule has 0 radical (unpaired) electrons. The van der Waals surface area contributed by atoms with Crippen LogP contribution in [0.2, 0.25) is 0 Å². The summed E-state index contributed by atoms with van der Waals surface area (Å²) in [5.41, 5.74) is 2.81. The molecule has 4 rings (SSSR count). The van der Waals surface area contributed by atoms with E-state index < -0.39 is 0 Å². The quantitative estimate of drug-likeness (QED) is 0.669. The second-order valence-corrected chi connectivity index (χ2v) is 6.98. The third-order valence-electron chi connectivity index (χ3n) is 5.10. The first-order valence-electron chi connectivity index (χ1n) is 9.56. The molecule has 0 N–H and O–H groups in total. The molecule has 1 fully saturated rings. The summed E-state index contributed by atoms with van der Waals surface area (Å²) in [5.74, 6) is 0.696. The lowest BCUT2D eigenvalue weighted by atomic mass is 10.1. The summed E-state index contributed by atoms with van der Waals surface area (Å²) in [4.78, 5) is 28.1. The summed E-state index contributed by atoms with van der Waals surface area (Å²) in [6, 6.07) is 15.0. The lowest BCUT2D eigenvalue weighted by molar-refractivity contribution is -0.132. The Kier molecular flexibility index (Phi) is 5.33. The predicted octanol–water partition coefficient (Wildman–Crippen LogP) is 1.36. The highest BCUT2D eigenvalue weighted by Crippen LogP contribution is 2.22. The van der Waals surface area contributed by atoms with E-state index in [-0.39, 0.29) is 18.0 Å². The van der Waals surface area contributed by atoms with Gasteiger partial charge in [0.2, 0.25) is 5.91 Å². The molecular weight excluding hydrogens is 368 g/mol. The Morgan fingerprint density at radius 1 is 0.966 bits per heavy atom. The highest BCUT2D eigenvalue weighted by atomic mass is 16.2. The molecule has 8 heteroatoms. The van der Waals surface area contributed by atoms with Crippen molar-refractivity contribution in [2.45, 2.75) is 13.5 Å². The van der Waals surface area contributed by atoms with Crippen LogP contribution in [0.25, 0.3) is 11.3 Å². The van der Waals surface area contributed by atoms with E-state index in [0.29, 0.717) is 26.2 Å². The highest BCUT2D eigenvalue weighted by molar-refractivity contribution is 5.76. The smallest absolute Gasteiger partial charge is 0.267 e.